The molecule has 1 nitrogen and oxygen atoms in total. The van der Waals surface area contributed by atoms with Crippen molar-refractivity contribution in [1.82, 2.24) is 5.32 Å². The van der Waals surface area contributed by atoms with Gasteiger partial charge in [-0.15, -0.1) is 12.4 Å². The number of hydrogen-bond donors (Lipinski definition) is 1. The summed E-state index contributed by atoms with van der Waals surface area (Å²) in [5, 5.41) is 2.89. The second-order valence-electron chi connectivity index (χ2n) is 3.35. The smallest absolute Gasteiger partial charge is 0.313 e. The molecule has 1 aliphatic carbocycles. The molecule has 0 amide bonds. The average molecular weight is 202 g/mol. The number of nitrogens with one attached hydrogen (secondary N) is 1. The van der Waals surface area contributed by atoms with Crippen molar-refractivity contribution in [2.75, 3.05) is 6.54 Å². The van der Waals surface area contributed by atoms with Gasteiger partial charge in [-0.05, 0) is 25.3 Å². The molecular weight excluding hydrogens is 191 g/mol. The summed E-state index contributed by atoms with van der Waals surface area (Å²) in [5.74, 6) is -1.14. The largest absolute Gasteiger partial charge is 0.393 e. The molecule has 0 bridgehead atoms. The van der Waals surface area contributed by atoms with Crippen LogP contribution >= 0.6 is 12.4 Å². The van der Waals surface area contributed by atoms with Crippen molar-refractivity contribution in [3.05, 3.63) is 0 Å². The molecule has 0 aromatic rings. The third-order valence-corrected chi connectivity index (χ3v) is 2.64. The van der Waals surface area contributed by atoms with Gasteiger partial charge in [0.15, 0.2) is 0 Å². The first kappa shape index (κ1) is 10.1. The Morgan fingerprint density at radius 3 is 2.33 bits per heavy atom. The first-order chi connectivity index (χ1) is 5.11. The highest BCUT2D eigenvalue weighted by atomic mass is 35.5. The van der Waals surface area contributed by atoms with E-state index in [1.54, 1.807) is 0 Å². The lowest BCUT2D eigenvalue weighted by molar-refractivity contribution is -0.152. The van der Waals surface area contributed by atoms with Crippen LogP contribution in [0.5, 0.6) is 0 Å². The molecule has 0 aromatic heterocycles. The first-order valence-corrected chi connectivity index (χ1v) is 3.91. The number of rotatable bonds is 0. The van der Waals surface area contributed by atoms with E-state index in [2.05, 4.69) is 5.32 Å². The Hall–Kier alpha value is 0.0400. The first-order valence-electron chi connectivity index (χ1n) is 3.91. The van der Waals surface area contributed by atoms with E-state index in [0.29, 0.717) is 0 Å². The minimum atomic E-state index is -3.97. The van der Waals surface area contributed by atoms with Gasteiger partial charge in [0.25, 0.3) is 0 Å². The fourth-order valence-corrected chi connectivity index (χ4v) is 2.06. The number of fused-ring (bicyclic) bond motifs is 1. The summed E-state index contributed by atoms with van der Waals surface area (Å²) in [6.45, 7) is 0.758. The van der Waals surface area contributed by atoms with Crippen molar-refractivity contribution in [2.45, 2.75) is 25.1 Å². The molecule has 1 saturated carbocycles. The Morgan fingerprint density at radius 2 is 1.92 bits per heavy atom. The third kappa shape index (κ3) is 1.55. The van der Waals surface area contributed by atoms with Gasteiger partial charge in [0.2, 0.25) is 0 Å². The molecule has 0 radical (unpaired) electrons. The van der Waals surface area contributed by atoms with Crippen LogP contribution in [0.1, 0.15) is 12.8 Å². The molecule has 1 N–H and O–H groups in total. The van der Waals surface area contributed by atoms with E-state index in [-0.39, 0.29) is 24.4 Å². The van der Waals surface area contributed by atoms with Crippen LogP contribution in [0.15, 0.2) is 0 Å². The van der Waals surface area contributed by atoms with E-state index >= 15 is 0 Å². The Bertz CT molecular complexity index is 159. The monoisotopic (exact) mass is 201 g/mol. The van der Waals surface area contributed by atoms with Gasteiger partial charge < -0.3 is 5.32 Å². The number of alkyl halides is 3. The van der Waals surface area contributed by atoms with E-state index in [1.807, 2.05) is 0 Å². The third-order valence-electron chi connectivity index (χ3n) is 2.64. The molecule has 5 heteroatoms. The quantitative estimate of drug-likeness (QED) is 0.632. The Balaban J connectivity index is 0.000000720. The summed E-state index contributed by atoms with van der Waals surface area (Å²) in [6, 6.07) is -0.247. The van der Waals surface area contributed by atoms with Crippen LogP contribution in [0.4, 0.5) is 13.2 Å². The molecule has 12 heavy (non-hydrogen) atoms. The lowest BCUT2D eigenvalue weighted by Gasteiger charge is -2.07. The van der Waals surface area contributed by atoms with Crippen molar-refractivity contribution in [1.29, 1.82) is 0 Å². The second kappa shape index (κ2) is 3.07. The van der Waals surface area contributed by atoms with Crippen LogP contribution in [-0.2, 0) is 0 Å². The standard InChI is InChI=1S/C7H10F3N.ClH/c8-7(9,10)5-4-2-1-3-11-6(4)5;/h4-6,11H,1-3H2;1H/t4-,5+,6-;/m0./s1. The van der Waals surface area contributed by atoms with Gasteiger partial charge in [-0.2, -0.15) is 13.2 Å². The molecule has 1 heterocycles. The zero-order chi connectivity index (χ0) is 8.06. The maximum Gasteiger partial charge on any atom is 0.393 e. The molecule has 2 fully saturated rings. The molecule has 3 atom stereocenters. The molecule has 2 rings (SSSR count). The van der Waals surface area contributed by atoms with Crippen LogP contribution in [0, 0.1) is 11.8 Å². The van der Waals surface area contributed by atoms with E-state index in [0.717, 1.165) is 19.4 Å². The van der Waals surface area contributed by atoms with Gasteiger partial charge in [0.1, 0.15) is 0 Å². The van der Waals surface area contributed by atoms with Crippen LogP contribution in [0.25, 0.3) is 0 Å². The fraction of sp³-hybridized carbons (Fsp3) is 1.00. The van der Waals surface area contributed by atoms with Crippen molar-refractivity contribution in [3.63, 3.8) is 0 Å². The van der Waals surface area contributed by atoms with E-state index in [4.69, 9.17) is 0 Å². The van der Waals surface area contributed by atoms with Gasteiger partial charge in [-0.25, -0.2) is 0 Å². The molecule has 2 aliphatic rings. The van der Waals surface area contributed by atoms with Gasteiger partial charge in [0.05, 0.1) is 5.92 Å². The van der Waals surface area contributed by atoms with Crippen molar-refractivity contribution >= 4 is 12.4 Å². The van der Waals surface area contributed by atoms with Gasteiger partial charge in [0, 0.05) is 6.04 Å². The van der Waals surface area contributed by atoms with Crippen molar-refractivity contribution < 1.29 is 13.2 Å². The highest BCUT2D eigenvalue weighted by molar-refractivity contribution is 5.85. The SMILES string of the molecule is Cl.FC(F)(F)[C@@H]1[C@@H]2CCCN[C@@H]21. The summed E-state index contributed by atoms with van der Waals surface area (Å²) in [4.78, 5) is 0. The lowest BCUT2D eigenvalue weighted by Crippen LogP contribution is -2.26. The summed E-state index contributed by atoms with van der Waals surface area (Å²) in [7, 11) is 0. The van der Waals surface area contributed by atoms with Crippen LogP contribution in [0.3, 0.4) is 0 Å². The Labute approximate surface area is 75.1 Å². The van der Waals surface area contributed by atoms with Crippen LogP contribution < -0.4 is 5.32 Å². The molecular formula is C7H11ClF3N. The van der Waals surface area contributed by atoms with E-state index in [9.17, 15) is 13.2 Å². The van der Waals surface area contributed by atoms with E-state index < -0.39 is 12.1 Å². The minimum absolute atomic E-state index is 0. The van der Waals surface area contributed by atoms with Gasteiger partial charge >= 0.3 is 6.18 Å². The van der Waals surface area contributed by atoms with Crippen molar-refractivity contribution in [2.24, 2.45) is 11.8 Å². The highest BCUT2D eigenvalue weighted by Crippen LogP contribution is 2.53. The molecule has 1 aliphatic heterocycles. The lowest BCUT2D eigenvalue weighted by atomic mass is 10.1. The molecule has 0 unspecified atom stereocenters. The van der Waals surface area contributed by atoms with Crippen LogP contribution in [-0.4, -0.2) is 18.8 Å². The normalized spacial score (nSPS) is 39.8. The highest BCUT2D eigenvalue weighted by Gasteiger charge is 2.64. The zero-order valence-corrected chi connectivity index (χ0v) is 7.21. The van der Waals surface area contributed by atoms with Gasteiger partial charge in [-0.1, -0.05) is 0 Å². The zero-order valence-electron chi connectivity index (χ0n) is 6.40. The average Bonchev–Trinajstić information content (AvgIpc) is 2.58. The second-order valence-corrected chi connectivity index (χ2v) is 3.35. The number of piperidine rings is 1. The molecule has 0 aromatic carbocycles. The summed E-state index contributed by atoms with van der Waals surface area (Å²) < 4.78 is 36.3. The Kier molecular flexibility index (Phi) is 2.59. The van der Waals surface area contributed by atoms with Crippen molar-refractivity contribution in [3.8, 4) is 0 Å². The molecule has 0 spiro atoms. The maximum atomic E-state index is 12.1. The van der Waals surface area contributed by atoms with E-state index in [1.165, 1.54) is 0 Å². The van der Waals surface area contributed by atoms with Gasteiger partial charge in [-0.3, -0.25) is 0 Å². The number of hydrogen-bond acceptors (Lipinski definition) is 1. The fourth-order valence-electron chi connectivity index (χ4n) is 2.06. The maximum absolute atomic E-state index is 12.1. The summed E-state index contributed by atoms with van der Waals surface area (Å²) >= 11 is 0. The summed E-state index contributed by atoms with van der Waals surface area (Å²) in [6.07, 6.45) is -2.32. The molecule has 72 valence electrons. The number of halogens is 4. The predicted octanol–water partition coefficient (Wildman–Crippen LogP) is 1.97. The summed E-state index contributed by atoms with van der Waals surface area (Å²) in [5.41, 5.74) is 0. The Morgan fingerprint density at radius 1 is 1.25 bits per heavy atom. The predicted molar refractivity (Wildman–Crippen MR) is 41.3 cm³/mol. The topological polar surface area (TPSA) is 12.0 Å². The van der Waals surface area contributed by atoms with Crippen LogP contribution in [0.2, 0.25) is 0 Å². The minimum Gasteiger partial charge on any atom is -0.313 e. The molecule has 1 saturated heterocycles.